The van der Waals surface area contributed by atoms with Crippen molar-refractivity contribution in [2.45, 2.75) is 18.9 Å². The summed E-state index contributed by atoms with van der Waals surface area (Å²) in [5.74, 6) is -1.49. The van der Waals surface area contributed by atoms with Gasteiger partial charge in [-0.15, -0.1) is 0 Å². The fourth-order valence-corrected chi connectivity index (χ4v) is 2.30. The van der Waals surface area contributed by atoms with Gasteiger partial charge in [-0.2, -0.15) is 0 Å². The van der Waals surface area contributed by atoms with Gasteiger partial charge in [0.1, 0.15) is 6.61 Å². The summed E-state index contributed by atoms with van der Waals surface area (Å²) < 4.78 is 15.9. The molecule has 6 heteroatoms. The quantitative estimate of drug-likeness (QED) is 0.319. The Morgan fingerprint density at radius 1 is 1.00 bits per heavy atom. The molecule has 0 unspecified atom stereocenters. The minimum absolute atomic E-state index is 0.0603. The largest absolute Gasteiger partial charge is 0.457 e. The Balaban J connectivity index is 1.50. The highest BCUT2D eigenvalue weighted by molar-refractivity contribution is 6.40. The molecule has 0 bridgehead atoms. The lowest BCUT2D eigenvalue weighted by Gasteiger charge is -2.22. The Hall–Kier alpha value is -1.76. The molecule has 0 amide bonds. The number of nitrogens with one attached hydrogen (secondary N) is 1. The average Bonchev–Trinajstić information content (AvgIpc) is 2.61. The molecule has 0 radical (unpaired) electrons. The molecule has 1 aromatic rings. The van der Waals surface area contributed by atoms with E-state index in [9.17, 15) is 9.59 Å². The number of ketones is 1. The number of hydrogen-bond acceptors (Lipinski definition) is 6. The van der Waals surface area contributed by atoms with E-state index in [0.717, 1.165) is 25.9 Å². The van der Waals surface area contributed by atoms with Gasteiger partial charge in [0.15, 0.2) is 0 Å². The van der Waals surface area contributed by atoms with Gasteiger partial charge in [-0.1, -0.05) is 30.3 Å². The molecular weight excluding hydrogens is 298 g/mol. The van der Waals surface area contributed by atoms with E-state index in [1.54, 1.807) is 30.3 Å². The standard InChI is InChI=1S/C17H23NO5/c19-16(14-4-2-1-3-5-14)17(20)23-13-11-21-10-12-22-15-6-8-18-9-7-15/h1-5,15,18H,6-13H2. The first kappa shape index (κ1) is 17.6. The first-order valence-electron chi connectivity index (χ1n) is 7.94. The van der Waals surface area contributed by atoms with Crippen molar-refractivity contribution in [3.05, 3.63) is 35.9 Å². The highest BCUT2D eigenvalue weighted by Crippen LogP contribution is 2.06. The average molecular weight is 321 g/mol. The summed E-state index contributed by atoms with van der Waals surface area (Å²) in [5, 5.41) is 3.28. The van der Waals surface area contributed by atoms with Crippen molar-refractivity contribution in [2.75, 3.05) is 39.5 Å². The number of carbonyl (C=O) groups excluding carboxylic acids is 2. The highest BCUT2D eigenvalue weighted by atomic mass is 16.6. The zero-order valence-corrected chi connectivity index (χ0v) is 13.2. The van der Waals surface area contributed by atoms with Gasteiger partial charge < -0.3 is 19.5 Å². The van der Waals surface area contributed by atoms with E-state index in [4.69, 9.17) is 14.2 Å². The lowest BCUT2D eigenvalue weighted by molar-refractivity contribution is -0.139. The summed E-state index contributed by atoms with van der Waals surface area (Å²) in [6, 6.07) is 8.34. The number of rotatable bonds is 9. The summed E-state index contributed by atoms with van der Waals surface area (Å²) in [6.07, 6.45) is 2.36. The van der Waals surface area contributed by atoms with Crippen molar-refractivity contribution in [1.82, 2.24) is 5.32 Å². The van der Waals surface area contributed by atoms with Crippen LogP contribution in [-0.2, 0) is 19.0 Å². The third-order valence-electron chi connectivity index (χ3n) is 3.55. The maximum absolute atomic E-state index is 11.7. The fourth-order valence-electron chi connectivity index (χ4n) is 2.30. The van der Waals surface area contributed by atoms with E-state index in [0.29, 0.717) is 24.9 Å². The van der Waals surface area contributed by atoms with Crippen LogP contribution in [0.5, 0.6) is 0 Å². The van der Waals surface area contributed by atoms with E-state index in [2.05, 4.69) is 5.32 Å². The van der Waals surface area contributed by atoms with E-state index in [-0.39, 0.29) is 13.2 Å². The first-order chi connectivity index (χ1) is 11.3. The number of piperidine rings is 1. The van der Waals surface area contributed by atoms with Crippen LogP contribution in [0, 0.1) is 0 Å². The van der Waals surface area contributed by atoms with Gasteiger partial charge in [0.2, 0.25) is 0 Å². The Kier molecular flexibility index (Phi) is 7.72. The van der Waals surface area contributed by atoms with Crippen LogP contribution in [0.25, 0.3) is 0 Å². The molecule has 126 valence electrons. The lowest BCUT2D eigenvalue weighted by Crippen LogP contribution is -2.33. The molecule has 1 heterocycles. The summed E-state index contributed by atoms with van der Waals surface area (Å²) in [5.41, 5.74) is 0.328. The summed E-state index contributed by atoms with van der Waals surface area (Å²) >= 11 is 0. The number of carbonyl (C=O) groups is 2. The minimum Gasteiger partial charge on any atom is -0.457 e. The SMILES string of the molecule is O=C(OCCOCCOC1CCNCC1)C(=O)c1ccccc1. The Labute approximate surface area is 136 Å². The smallest absolute Gasteiger partial charge is 0.379 e. The molecule has 1 aliphatic heterocycles. The Morgan fingerprint density at radius 3 is 2.43 bits per heavy atom. The lowest BCUT2D eigenvalue weighted by atomic mass is 10.1. The van der Waals surface area contributed by atoms with E-state index in [1.165, 1.54) is 0 Å². The van der Waals surface area contributed by atoms with Gasteiger partial charge in [0.05, 0.1) is 25.9 Å². The number of Topliss-reactive ketones (excluding diaryl/α,β-unsaturated/α-hetero) is 1. The van der Waals surface area contributed by atoms with Crippen LogP contribution in [-0.4, -0.2) is 57.4 Å². The van der Waals surface area contributed by atoms with Gasteiger partial charge in [0, 0.05) is 5.56 Å². The van der Waals surface area contributed by atoms with Gasteiger partial charge in [-0.25, -0.2) is 4.79 Å². The Morgan fingerprint density at radius 2 is 1.70 bits per heavy atom. The normalized spacial score (nSPS) is 15.3. The molecule has 0 spiro atoms. The van der Waals surface area contributed by atoms with Crippen molar-refractivity contribution in [1.29, 1.82) is 0 Å². The summed E-state index contributed by atoms with van der Waals surface area (Å²) in [6.45, 7) is 3.29. The van der Waals surface area contributed by atoms with Crippen molar-refractivity contribution in [3.63, 3.8) is 0 Å². The van der Waals surface area contributed by atoms with E-state index >= 15 is 0 Å². The molecule has 1 aliphatic rings. The molecule has 1 N–H and O–H groups in total. The molecule has 1 saturated heterocycles. The highest BCUT2D eigenvalue weighted by Gasteiger charge is 2.17. The van der Waals surface area contributed by atoms with Crippen LogP contribution < -0.4 is 5.32 Å². The molecular formula is C17H23NO5. The number of hydrogen-bond donors (Lipinski definition) is 1. The molecule has 6 nitrogen and oxygen atoms in total. The van der Waals surface area contributed by atoms with Crippen molar-refractivity contribution >= 4 is 11.8 Å². The maximum atomic E-state index is 11.7. The molecule has 0 atom stereocenters. The van der Waals surface area contributed by atoms with Gasteiger partial charge in [-0.05, 0) is 25.9 Å². The Bertz CT molecular complexity index is 485. The van der Waals surface area contributed by atoms with Crippen LogP contribution in [0.4, 0.5) is 0 Å². The first-order valence-corrected chi connectivity index (χ1v) is 7.94. The molecule has 1 aromatic carbocycles. The van der Waals surface area contributed by atoms with Crippen LogP contribution in [0.15, 0.2) is 30.3 Å². The van der Waals surface area contributed by atoms with Crippen LogP contribution in [0.2, 0.25) is 0 Å². The molecule has 0 aromatic heterocycles. The maximum Gasteiger partial charge on any atom is 0.379 e. The van der Waals surface area contributed by atoms with Crippen molar-refractivity contribution in [3.8, 4) is 0 Å². The molecule has 2 rings (SSSR count). The molecule has 23 heavy (non-hydrogen) atoms. The van der Waals surface area contributed by atoms with Crippen molar-refractivity contribution < 1.29 is 23.8 Å². The second-order valence-corrected chi connectivity index (χ2v) is 5.26. The van der Waals surface area contributed by atoms with Crippen LogP contribution >= 0.6 is 0 Å². The zero-order chi connectivity index (χ0) is 16.3. The predicted molar refractivity (Wildman–Crippen MR) is 84.4 cm³/mol. The third-order valence-corrected chi connectivity index (χ3v) is 3.55. The molecule has 0 aliphatic carbocycles. The minimum atomic E-state index is -0.856. The molecule has 1 fully saturated rings. The van der Waals surface area contributed by atoms with Crippen molar-refractivity contribution in [2.24, 2.45) is 0 Å². The second kappa shape index (κ2) is 10.1. The van der Waals surface area contributed by atoms with E-state index < -0.39 is 11.8 Å². The predicted octanol–water partition coefficient (Wildman–Crippen LogP) is 1.20. The third kappa shape index (κ3) is 6.48. The van der Waals surface area contributed by atoms with Crippen LogP contribution in [0.1, 0.15) is 23.2 Å². The van der Waals surface area contributed by atoms with E-state index in [1.807, 2.05) is 0 Å². The monoisotopic (exact) mass is 321 g/mol. The van der Waals surface area contributed by atoms with Gasteiger partial charge in [-0.3, -0.25) is 4.79 Å². The summed E-state index contributed by atoms with van der Waals surface area (Å²) in [4.78, 5) is 23.3. The summed E-state index contributed by atoms with van der Waals surface area (Å²) in [7, 11) is 0. The fraction of sp³-hybridized carbons (Fsp3) is 0.529. The number of esters is 1. The number of ether oxygens (including phenoxy) is 3. The molecule has 0 saturated carbocycles. The second-order valence-electron chi connectivity index (χ2n) is 5.26. The number of benzene rings is 1. The zero-order valence-electron chi connectivity index (χ0n) is 13.2. The van der Waals surface area contributed by atoms with Crippen LogP contribution in [0.3, 0.4) is 0 Å². The topological polar surface area (TPSA) is 73.9 Å². The van der Waals surface area contributed by atoms with Gasteiger partial charge in [0.25, 0.3) is 5.78 Å². The van der Waals surface area contributed by atoms with Gasteiger partial charge >= 0.3 is 5.97 Å².